The fourth-order valence-electron chi connectivity index (χ4n) is 2.18. The van der Waals surface area contributed by atoms with Crippen LogP contribution in [0.3, 0.4) is 0 Å². The van der Waals surface area contributed by atoms with Gasteiger partial charge in [-0.2, -0.15) is 0 Å². The second-order valence-corrected chi connectivity index (χ2v) is 4.48. The van der Waals surface area contributed by atoms with Gasteiger partial charge in [-0.3, -0.25) is 9.98 Å². The summed E-state index contributed by atoms with van der Waals surface area (Å²) in [5.74, 6) is 0.848. The molecule has 3 rings (SSSR count). The molecule has 0 unspecified atom stereocenters. The third-order valence-electron chi connectivity index (χ3n) is 3.20. The largest absolute Gasteiger partial charge is 0.354 e. The van der Waals surface area contributed by atoms with Crippen molar-refractivity contribution in [2.75, 3.05) is 18.4 Å². The predicted octanol–water partition coefficient (Wildman–Crippen LogP) is 2.43. The molecule has 0 amide bonds. The summed E-state index contributed by atoms with van der Waals surface area (Å²) in [6.45, 7) is 3.84. The van der Waals surface area contributed by atoms with Crippen LogP contribution < -0.4 is 10.6 Å². The maximum absolute atomic E-state index is 4.41. The highest BCUT2D eigenvalue weighted by Gasteiger charge is 2.10. The fourth-order valence-corrected chi connectivity index (χ4v) is 2.18. The molecule has 19 heavy (non-hydrogen) atoms. The van der Waals surface area contributed by atoms with E-state index in [0.29, 0.717) is 0 Å². The monoisotopic (exact) mass is 252 g/mol. The highest BCUT2D eigenvalue weighted by molar-refractivity contribution is 5.96. The van der Waals surface area contributed by atoms with Gasteiger partial charge in [-0.15, -0.1) is 0 Å². The minimum absolute atomic E-state index is 0.835. The minimum Gasteiger partial charge on any atom is -0.354 e. The Morgan fingerprint density at radius 3 is 2.84 bits per heavy atom. The van der Waals surface area contributed by atoms with Crippen molar-refractivity contribution in [2.24, 2.45) is 4.99 Å². The molecule has 0 saturated heterocycles. The highest BCUT2D eigenvalue weighted by Crippen LogP contribution is 2.26. The Labute approximate surface area is 112 Å². The molecule has 4 heteroatoms. The lowest BCUT2D eigenvalue weighted by Gasteiger charge is -2.13. The first-order valence-electron chi connectivity index (χ1n) is 6.41. The number of hydrogen-bond acceptors (Lipinski definition) is 4. The summed E-state index contributed by atoms with van der Waals surface area (Å²) in [6.07, 6.45) is 1.82. The lowest BCUT2D eigenvalue weighted by molar-refractivity contribution is 0.959. The molecule has 0 radical (unpaired) electrons. The van der Waals surface area contributed by atoms with Gasteiger partial charge in [0.05, 0.1) is 12.2 Å². The summed E-state index contributed by atoms with van der Waals surface area (Å²) in [5.41, 5.74) is 4.38. The smallest absolute Gasteiger partial charge is 0.195 e. The Hall–Kier alpha value is -2.36. The van der Waals surface area contributed by atoms with E-state index in [-0.39, 0.29) is 0 Å². The first-order chi connectivity index (χ1) is 9.34. The van der Waals surface area contributed by atoms with E-state index >= 15 is 0 Å². The zero-order valence-corrected chi connectivity index (χ0v) is 10.9. The zero-order chi connectivity index (χ0) is 13.1. The molecule has 0 aliphatic carbocycles. The normalized spacial score (nSPS) is 13.8. The first-order valence-corrected chi connectivity index (χ1v) is 6.41. The van der Waals surface area contributed by atoms with E-state index in [9.17, 15) is 0 Å². The van der Waals surface area contributed by atoms with Gasteiger partial charge in [0.15, 0.2) is 5.96 Å². The van der Waals surface area contributed by atoms with E-state index < -0.39 is 0 Å². The number of rotatable bonds is 2. The molecule has 2 heterocycles. The first kappa shape index (κ1) is 11.7. The van der Waals surface area contributed by atoms with Crippen LogP contribution in [0.4, 0.5) is 5.69 Å². The van der Waals surface area contributed by atoms with Gasteiger partial charge in [0.1, 0.15) is 0 Å². The van der Waals surface area contributed by atoms with Crippen molar-refractivity contribution >= 4 is 11.6 Å². The number of aliphatic imine (C=N–C) groups is 1. The number of anilines is 1. The molecule has 0 fully saturated rings. The Morgan fingerprint density at radius 2 is 2.11 bits per heavy atom. The average molecular weight is 252 g/mol. The highest BCUT2D eigenvalue weighted by atomic mass is 15.2. The standard InChI is InChI=1S/C15H16N4/c1-11-12(14-6-2-3-8-16-14)5-4-7-13(11)19-15-17-9-10-18-15/h2-8H,9-10H2,1H3,(H2,17,18,19). The van der Waals surface area contributed by atoms with Gasteiger partial charge in [0.25, 0.3) is 0 Å². The number of guanidine groups is 1. The lowest BCUT2D eigenvalue weighted by Crippen LogP contribution is -2.26. The van der Waals surface area contributed by atoms with E-state index in [2.05, 4.69) is 39.7 Å². The average Bonchev–Trinajstić information content (AvgIpc) is 2.95. The Morgan fingerprint density at radius 1 is 1.16 bits per heavy atom. The summed E-state index contributed by atoms with van der Waals surface area (Å²) in [6, 6.07) is 12.1. The molecule has 1 aromatic carbocycles. The zero-order valence-electron chi connectivity index (χ0n) is 10.9. The molecule has 4 nitrogen and oxygen atoms in total. The van der Waals surface area contributed by atoms with Gasteiger partial charge in [0, 0.05) is 24.0 Å². The van der Waals surface area contributed by atoms with Gasteiger partial charge in [-0.05, 0) is 30.7 Å². The van der Waals surface area contributed by atoms with Gasteiger partial charge in [0.2, 0.25) is 0 Å². The van der Waals surface area contributed by atoms with Crippen molar-refractivity contribution < 1.29 is 0 Å². The van der Waals surface area contributed by atoms with Crippen LogP contribution in [0, 0.1) is 6.92 Å². The molecule has 1 aliphatic heterocycles. The fraction of sp³-hybridized carbons (Fsp3) is 0.200. The van der Waals surface area contributed by atoms with Crippen molar-refractivity contribution in [1.82, 2.24) is 10.3 Å². The molecule has 1 aliphatic rings. The molecule has 0 atom stereocenters. The van der Waals surface area contributed by atoms with Gasteiger partial charge >= 0.3 is 0 Å². The molecule has 96 valence electrons. The number of hydrogen-bond donors (Lipinski definition) is 2. The second-order valence-electron chi connectivity index (χ2n) is 4.48. The molecular formula is C15H16N4. The van der Waals surface area contributed by atoms with Crippen LogP contribution in [-0.4, -0.2) is 24.0 Å². The quantitative estimate of drug-likeness (QED) is 0.863. The molecule has 2 aromatic rings. The van der Waals surface area contributed by atoms with Crippen LogP contribution in [0.25, 0.3) is 11.3 Å². The molecule has 0 bridgehead atoms. The maximum atomic E-state index is 4.41. The molecule has 1 aromatic heterocycles. The van der Waals surface area contributed by atoms with Gasteiger partial charge in [-0.25, -0.2) is 0 Å². The molecule has 0 spiro atoms. The summed E-state index contributed by atoms with van der Waals surface area (Å²) < 4.78 is 0. The van der Waals surface area contributed by atoms with Crippen LogP contribution in [0.1, 0.15) is 5.56 Å². The summed E-state index contributed by atoms with van der Waals surface area (Å²) in [4.78, 5) is 8.76. The van der Waals surface area contributed by atoms with Crippen molar-refractivity contribution in [3.8, 4) is 11.3 Å². The molecule has 0 saturated carbocycles. The van der Waals surface area contributed by atoms with E-state index in [1.165, 1.54) is 5.56 Å². The van der Waals surface area contributed by atoms with Crippen LogP contribution in [0.2, 0.25) is 0 Å². The molecule has 2 N–H and O–H groups in total. The Bertz CT molecular complexity index is 605. The van der Waals surface area contributed by atoms with Crippen molar-refractivity contribution in [3.63, 3.8) is 0 Å². The summed E-state index contributed by atoms with van der Waals surface area (Å²) in [7, 11) is 0. The van der Waals surface area contributed by atoms with Crippen LogP contribution in [0.15, 0.2) is 47.6 Å². The van der Waals surface area contributed by atoms with Crippen molar-refractivity contribution in [3.05, 3.63) is 48.2 Å². The van der Waals surface area contributed by atoms with Crippen LogP contribution in [0.5, 0.6) is 0 Å². The summed E-state index contributed by atoms with van der Waals surface area (Å²) >= 11 is 0. The van der Waals surface area contributed by atoms with Crippen LogP contribution in [-0.2, 0) is 0 Å². The Balaban J connectivity index is 1.95. The number of nitrogens with zero attached hydrogens (tertiary/aromatic N) is 2. The van der Waals surface area contributed by atoms with E-state index in [1.807, 2.05) is 30.5 Å². The SMILES string of the molecule is Cc1c(NC2=NCCN2)cccc1-c1ccccn1. The minimum atomic E-state index is 0.835. The Kier molecular flexibility index (Phi) is 3.14. The second kappa shape index (κ2) is 5.10. The van der Waals surface area contributed by atoms with E-state index in [1.54, 1.807) is 0 Å². The predicted molar refractivity (Wildman–Crippen MR) is 78.3 cm³/mol. The van der Waals surface area contributed by atoms with Crippen molar-refractivity contribution in [2.45, 2.75) is 6.92 Å². The van der Waals surface area contributed by atoms with Gasteiger partial charge in [-0.1, -0.05) is 18.2 Å². The molecular weight excluding hydrogens is 236 g/mol. The lowest BCUT2D eigenvalue weighted by atomic mass is 10.0. The maximum Gasteiger partial charge on any atom is 0.195 e. The third kappa shape index (κ3) is 2.42. The summed E-state index contributed by atoms with van der Waals surface area (Å²) in [5, 5.41) is 6.55. The van der Waals surface area contributed by atoms with E-state index in [0.717, 1.165) is 36.0 Å². The van der Waals surface area contributed by atoms with Crippen LogP contribution >= 0.6 is 0 Å². The third-order valence-corrected chi connectivity index (χ3v) is 3.20. The number of pyridine rings is 1. The topological polar surface area (TPSA) is 49.3 Å². The number of benzene rings is 1. The number of nitrogens with one attached hydrogen (secondary N) is 2. The number of aromatic nitrogens is 1. The van der Waals surface area contributed by atoms with Crippen molar-refractivity contribution in [1.29, 1.82) is 0 Å². The van der Waals surface area contributed by atoms with E-state index in [4.69, 9.17) is 0 Å². The van der Waals surface area contributed by atoms with Gasteiger partial charge < -0.3 is 10.6 Å².